The number of hydrogen-bond donors (Lipinski definition) is 0. The van der Waals surface area contributed by atoms with E-state index in [2.05, 4.69) is 4.98 Å². The predicted octanol–water partition coefficient (Wildman–Crippen LogP) is -2.67. The molecule has 38 valence electrons. The first kappa shape index (κ1) is 8.43. The maximum Gasteiger partial charge on any atom is 1.00 e. The minimum atomic E-state index is 0. The Morgan fingerprint density at radius 3 is 2.50 bits per heavy atom. The average Bonchev–Trinajstić information content (AvgIpc) is 1.91. The Bertz CT molecular complexity index is 146. The smallest absolute Gasteiger partial charge is 0.742 e. The van der Waals surface area contributed by atoms with Crippen molar-refractivity contribution in [1.82, 2.24) is 9.55 Å². The van der Waals surface area contributed by atoms with Crippen LogP contribution in [0, 0.1) is 0 Å². The van der Waals surface area contributed by atoms with Gasteiger partial charge in [-0.3, -0.25) is 4.98 Å². The van der Waals surface area contributed by atoms with Crippen LogP contribution in [0.2, 0.25) is 0 Å². The van der Waals surface area contributed by atoms with Crippen LogP contribution in [0.25, 0.3) is 0 Å². The number of aromatic nitrogens is 2. The van der Waals surface area contributed by atoms with Gasteiger partial charge in [-0.25, -0.2) is 0 Å². The maximum absolute atomic E-state index is 4.74. The van der Waals surface area contributed by atoms with Gasteiger partial charge in [-0.2, -0.15) is 0 Å². The van der Waals surface area contributed by atoms with Crippen molar-refractivity contribution in [1.29, 1.82) is 0 Å². The molecule has 1 rings (SSSR count). The summed E-state index contributed by atoms with van der Waals surface area (Å²) in [6.07, 6.45) is 3.50. The maximum atomic E-state index is 4.74. The Morgan fingerprint density at radius 1 is 1.75 bits per heavy atom. The SMILES string of the molecule is Cn1ccnc1[S-].[Na+]. The molecule has 1 aromatic heterocycles. The molecule has 0 saturated heterocycles. The summed E-state index contributed by atoms with van der Waals surface area (Å²) in [7, 11) is 1.87. The summed E-state index contributed by atoms with van der Waals surface area (Å²) >= 11 is 4.74. The molecule has 4 heteroatoms. The molecule has 0 aliphatic carbocycles. The quantitative estimate of drug-likeness (QED) is 0.286. The second kappa shape index (κ2) is 3.45. The number of rotatable bonds is 0. The van der Waals surface area contributed by atoms with Gasteiger partial charge in [0.25, 0.3) is 0 Å². The zero-order chi connectivity index (χ0) is 5.28. The van der Waals surface area contributed by atoms with Crippen LogP contribution in [0.5, 0.6) is 0 Å². The third-order valence-electron chi connectivity index (χ3n) is 0.777. The summed E-state index contributed by atoms with van der Waals surface area (Å²) in [4.78, 5) is 3.79. The second-order valence-electron chi connectivity index (χ2n) is 1.32. The van der Waals surface area contributed by atoms with E-state index in [1.165, 1.54) is 0 Å². The van der Waals surface area contributed by atoms with Gasteiger partial charge >= 0.3 is 29.6 Å². The monoisotopic (exact) mass is 136 g/mol. The molecule has 1 heterocycles. The summed E-state index contributed by atoms with van der Waals surface area (Å²) < 4.78 is 1.79. The molecule has 0 amide bonds. The van der Waals surface area contributed by atoms with Gasteiger partial charge in [0.2, 0.25) is 0 Å². The van der Waals surface area contributed by atoms with E-state index in [4.69, 9.17) is 12.6 Å². The van der Waals surface area contributed by atoms with Gasteiger partial charge in [-0.15, -0.1) is 0 Å². The Kier molecular flexibility index (Phi) is 3.64. The van der Waals surface area contributed by atoms with E-state index in [1.807, 2.05) is 13.2 Å². The first-order valence-corrected chi connectivity index (χ1v) is 2.36. The number of hydrogen-bond acceptors (Lipinski definition) is 2. The third-order valence-corrected chi connectivity index (χ3v) is 1.17. The minimum absolute atomic E-state index is 0. The molecular weight excluding hydrogens is 131 g/mol. The molecule has 0 aromatic carbocycles. The van der Waals surface area contributed by atoms with Crippen molar-refractivity contribution in [3.63, 3.8) is 0 Å². The fourth-order valence-corrected chi connectivity index (χ4v) is 0.474. The van der Waals surface area contributed by atoms with Crippen molar-refractivity contribution >= 4 is 12.6 Å². The van der Waals surface area contributed by atoms with Crippen molar-refractivity contribution in [2.24, 2.45) is 7.05 Å². The van der Waals surface area contributed by atoms with E-state index in [-0.39, 0.29) is 29.6 Å². The molecule has 2 nitrogen and oxygen atoms in total. The molecule has 0 spiro atoms. The van der Waals surface area contributed by atoms with Gasteiger partial charge in [0.1, 0.15) is 0 Å². The van der Waals surface area contributed by atoms with Crippen LogP contribution in [0.1, 0.15) is 0 Å². The molecule has 0 atom stereocenters. The van der Waals surface area contributed by atoms with Crippen LogP contribution in [-0.2, 0) is 19.7 Å². The molecule has 0 N–H and O–H groups in total. The van der Waals surface area contributed by atoms with E-state index >= 15 is 0 Å². The van der Waals surface area contributed by atoms with E-state index in [1.54, 1.807) is 10.8 Å². The molecule has 0 aliphatic heterocycles. The Balaban J connectivity index is 0.000000490. The minimum Gasteiger partial charge on any atom is -0.742 e. The van der Waals surface area contributed by atoms with Crippen LogP contribution in [0.15, 0.2) is 17.6 Å². The molecule has 8 heavy (non-hydrogen) atoms. The predicted molar refractivity (Wildman–Crippen MR) is 28.8 cm³/mol. The summed E-state index contributed by atoms with van der Waals surface area (Å²) in [6.45, 7) is 0. The Labute approximate surface area is 76.0 Å². The van der Waals surface area contributed by atoms with Gasteiger partial charge in [0.15, 0.2) is 0 Å². The molecule has 0 radical (unpaired) electrons. The third kappa shape index (κ3) is 1.74. The van der Waals surface area contributed by atoms with E-state index < -0.39 is 0 Å². The Hall–Kier alpha value is 0.430. The van der Waals surface area contributed by atoms with E-state index in [0.29, 0.717) is 5.16 Å². The zero-order valence-corrected chi connectivity index (χ0v) is 7.77. The van der Waals surface area contributed by atoms with Gasteiger partial charge < -0.3 is 17.2 Å². The van der Waals surface area contributed by atoms with Crippen molar-refractivity contribution < 1.29 is 29.6 Å². The van der Waals surface area contributed by atoms with E-state index in [0.717, 1.165) is 0 Å². The second-order valence-corrected chi connectivity index (χ2v) is 1.69. The van der Waals surface area contributed by atoms with Gasteiger partial charge in [0, 0.05) is 19.4 Å². The topological polar surface area (TPSA) is 17.8 Å². The zero-order valence-electron chi connectivity index (χ0n) is 4.96. The van der Waals surface area contributed by atoms with Crippen molar-refractivity contribution in [2.75, 3.05) is 0 Å². The standard InChI is InChI=1S/C4H6N2S.Na/c1-6-3-2-5-4(6)7;/h2-3H,1H3,(H,5,7);/q;+1/p-1. The van der Waals surface area contributed by atoms with Gasteiger partial charge in [-0.05, 0) is 5.16 Å². The molecule has 0 fully saturated rings. The molecule has 1 aromatic rings. The van der Waals surface area contributed by atoms with Crippen LogP contribution < -0.4 is 29.6 Å². The largest absolute Gasteiger partial charge is 1.00 e. The summed E-state index contributed by atoms with van der Waals surface area (Å²) in [5.41, 5.74) is 0. The van der Waals surface area contributed by atoms with Gasteiger partial charge in [-0.1, -0.05) is 0 Å². The van der Waals surface area contributed by atoms with Crippen LogP contribution in [0.4, 0.5) is 0 Å². The first-order chi connectivity index (χ1) is 3.30. The fraction of sp³-hybridized carbons (Fsp3) is 0.250. The molecule has 0 bridgehead atoms. The van der Waals surface area contributed by atoms with Crippen molar-refractivity contribution in [2.45, 2.75) is 5.16 Å². The Morgan fingerprint density at radius 2 is 2.38 bits per heavy atom. The number of nitrogens with zero attached hydrogens (tertiary/aromatic N) is 2. The first-order valence-electron chi connectivity index (χ1n) is 1.95. The molecule has 0 saturated carbocycles. The number of aryl methyl sites for hydroxylation is 1. The van der Waals surface area contributed by atoms with Crippen LogP contribution >= 0.6 is 0 Å². The van der Waals surface area contributed by atoms with Crippen molar-refractivity contribution in [3.05, 3.63) is 12.4 Å². The van der Waals surface area contributed by atoms with Crippen LogP contribution in [0.3, 0.4) is 0 Å². The normalized spacial score (nSPS) is 8.12. The molecular formula is C4H5N2NaS. The van der Waals surface area contributed by atoms with Crippen molar-refractivity contribution in [3.8, 4) is 0 Å². The van der Waals surface area contributed by atoms with E-state index in [9.17, 15) is 0 Å². The summed E-state index contributed by atoms with van der Waals surface area (Å²) in [6, 6.07) is 0. The molecule has 0 unspecified atom stereocenters. The fourth-order valence-electron chi connectivity index (χ4n) is 0.352. The van der Waals surface area contributed by atoms with Gasteiger partial charge in [0.05, 0.1) is 0 Å². The number of imidazole rings is 1. The summed E-state index contributed by atoms with van der Waals surface area (Å²) in [5, 5.41) is 0.639. The summed E-state index contributed by atoms with van der Waals surface area (Å²) in [5.74, 6) is 0. The molecule has 0 aliphatic rings. The average molecular weight is 136 g/mol. The van der Waals surface area contributed by atoms with Crippen LogP contribution in [-0.4, -0.2) is 9.55 Å².